The van der Waals surface area contributed by atoms with Gasteiger partial charge >= 0.3 is 0 Å². The lowest BCUT2D eigenvalue weighted by Crippen LogP contribution is -2.22. The summed E-state index contributed by atoms with van der Waals surface area (Å²) >= 11 is 2.99. The summed E-state index contributed by atoms with van der Waals surface area (Å²) in [5.74, 6) is -0.136. The summed E-state index contributed by atoms with van der Waals surface area (Å²) < 4.78 is 13.2. The Labute approximate surface area is 164 Å². The molecule has 0 atom stereocenters. The highest BCUT2D eigenvalue weighted by Gasteiger charge is 2.09. The van der Waals surface area contributed by atoms with Crippen LogP contribution in [0.25, 0.3) is 10.6 Å². The number of thiazole rings is 1. The first kappa shape index (κ1) is 19.0. The van der Waals surface area contributed by atoms with Gasteiger partial charge in [-0.25, -0.2) is 14.4 Å². The quantitative estimate of drug-likeness (QED) is 0.433. The molecule has 0 aliphatic heterocycles. The zero-order valence-corrected chi connectivity index (χ0v) is 16.2. The highest BCUT2D eigenvalue weighted by molar-refractivity contribution is 7.17. The van der Waals surface area contributed by atoms with E-state index in [-0.39, 0.29) is 24.2 Å². The van der Waals surface area contributed by atoms with Gasteiger partial charge in [0.1, 0.15) is 5.82 Å². The van der Waals surface area contributed by atoms with Gasteiger partial charge in [0.15, 0.2) is 11.1 Å². The van der Waals surface area contributed by atoms with Crippen LogP contribution in [0.5, 0.6) is 0 Å². The molecule has 1 amide bonds. The van der Waals surface area contributed by atoms with Gasteiger partial charge < -0.3 is 16.4 Å². The van der Waals surface area contributed by atoms with Crippen LogP contribution in [0.4, 0.5) is 9.52 Å². The highest BCUT2D eigenvalue weighted by atomic mass is 32.1. The van der Waals surface area contributed by atoms with Gasteiger partial charge in [-0.1, -0.05) is 12.1 Å². The molecule has 2 aromatic heterocycles. The zero-order valence-electron chi connectivity index (χ0n) is 14.5. The fourth-order valence-corrected chi connectivity index (χ4v) is 3.93. The van der Waals surface area contributed by atoms with Crippen molar-refractivity contribution in [3.8, 4) is 10.6 Å². The largest absolute Gasteiger partial charge is 0.370 e. The third-order valence-electron chi connectivity index (χ3n) is 3.49. The van der Waals surface area contributed by atoms with Crippen molar-refractivity contribution in [3.05, 3.63) is 58.0 Å². The smallest absolute Gasteiger partial charge is 0.217 e. The zero-order chi connectivity index (χ0) is 19.2. The number of guanidine groups is 1. The van der Waals surface area contributed by atoms with E-state index in [1.807, 2.05) is 17.5 Å². The number of nitrogens with two attached hydrogens (primary N) is 1. The Morgan fingerprint density at radius 3 is 2.96 bits per heavy atom. The van der Waals surface area contributed by atoms with Gasteiger partial charge in [-0.3, -0.25) is 4.79 Å². The molecule has 0 aliphatic carbocycles. The number of thiophene rings is 1. The average molecular weight is 404 g/mol. The number of aromatic nitrogens is 1. The van der Waals surface area contributed by atoms with E-state index in [4.69, 9.17) is 5.73 Å². The van der Waals surface area contributed by atoms with Gasteiger partial charge in [0, 0.05) is 17.2 Å². The number of halogens is 1. The third-order valence-corrected chi connectivity index (χ3v) is 5.35. The van der Waals surface area contributed by atoms with E-state index >= 15 is 0 Å². The minimum atomic E-state index is -0.299. The van der Waals surface area contributed by atoms with E-state index in [2.05, 4.69) is 20.6 Å². The number of nitrogens with zero attached hydrogens (tertiary/aromatic N) is 2. The molecule has 0 saturated heterocycles. The van der Waals surface area contributed by atoms with Crippen LogP contribution in [0.3, 0.4) is 0 Å². The number of rotatable bonds is 6. The van der Waals surface area contributed by atoms with Crippen LogP contribution < -0.4 is 16.4 Å². The Balaban J connectivity index is 1.60. The van der Waals surface area contributed by atoms with Crippen LogP contribution in [0.2, 0.25) is 0 Å². The summed E-state index contributed by atoms with van der Waals surface area (Å²) in [6.45, 7) is 2.29. The first-order valence-electron chi connectivity index (χ1n) is 8.10. The second kappa shape index (κ2) is 8.74. The summed E-state index contributed by atoms with van der Waals surface area (Å²) in [6, 6.07) is 10.2. The molecule has 0 bridgehead atoms. The van der Waals surface area contributed by atoms with Crippen LogP contribution in [-0.2, 0) is 17.9 Å². The Hall–Kier alpha value is -2.78. The van der Waals surface area contributed by atoms with Gasteiger partial charge in [-0.15, -0.1) is 22.7 Å². The standard InChI is InChI=1S/C18H18FN5OS2/c1-11(25)21-9-14-5-6-16(27-14)15-10-26-18(23-15)24-17(20)22-8-12-3-2-4-13(19)7-12/h2-7,10H,8-9H2,1H3,(H,21,25)(H3,20,22,23,24). The van der Waals surface area contributed by atoms with Gasteiger partial charge in [-0.2, -0.15) is 0 Å². The van der Waals surface area contributed by atoms with E-state index in [0.717, 1.165) is 21.0 Å². The monoisotopic (exact) mass is 403 g/mol. The number of hydrogen-bond acceptors (Lipinski definition) is 5. The Bertz CT molecular complexity index is 966. The van der Waals surface area contributed by atoms with Crippen LogP contribution in [-0.4, -0.2) is 16.9 Å². The molecule has 0 aliphatic rings. The molecule has 140 valence electrons. The normalized spacial score (nSPS) is 11.4. The second-order valence-corrected chi connectivity index (χ2v) is 7.70. The van der Waals surface area contributed by atoms with E-state index < -0.39 is 0 Å². The highest BCUT2D eigenvalue weighted by Crippen LogP contribution is 2.30. The maximum Gasteiger partial charge on any atom is 0.217 e. The number of nitrogens with one attached hydrogen (secondary N) is 2. The van der Waals surface area contributed by atoms with Crippen molar-refractivity contribution in [3.63, 3.8) is 0 Å². The summed E-state index contributed by atoms with van der Waals surface area (Å²) in [6.07, 6.45) is 0. The first-order valence-corrected chi connectivity index (χ1v) is 9.79. The summed E-state index contributed by atoms with van der Waals surface area (Å²) in [5, 5.41) is 8.28. The predicted molar refractivity (Wildman–Crippen MR) is 108 cm³/mol. The van der Waals surface area contributed by atoms with Crippen molar-refractivity contribution in [2.75, 3.05) is 5.32 Å². The molecule has 3 rings (SSSR count). The molecule has 4 N–H and O–H groups in total. The van der Waals surface area contributed by atoms with Crippen LogP contribution in [0.1, 0.15) is 17.4 Å². The number of anilines is 1. The third kappa shape index (κ3) is 5.60. The Kier molecular flexibility index (Phi) is 6.15. The molecule has 9 heteroatoms. The lowest BCUT2D eigenvalue weighted by Gasteiger charge is -2.02. The SMILES string of the molecule is CC(=O)NCc1ccc(-c2csc(NC(N)=NCc3cccc(F)c3)n2)s1. The molecular formula is C18H18FN5OS2. The number of hydrogen-bond donors (Lipinski definition) is 3. The van der Waals surface area contributed by atoms with Crippen molar-refractivity contribution in [2.24, 2.45) is 10.7 Å². The molecular weight excluding hydrogens is 385 g/mol. The minimum absolute atomic E-state index is 0.0573. The lowest BCUT2D eigenvalue weighted by molar-refractivity contribution is -0.119. The number of carbonyl (C=O) groups excluding carboxylic acids is 1. The minimum Gasteiger partial charge on any atom is -0.370 e. The van der Waals surface area contributed by atoms with Crippen LogP contribution in [0, 0.1) is 5.82 Å². The number of benzene rings is 1. The maximum absolute atomic E-state index is 13.2. The molecule has 0 saturated carbocycles. The topological polar surface area (TPSA) is 92.4 Å². The lowest BCUT2D eigenvalue weighted by atomic mass is 10.2. The van der Waals surface area contributed by atoms with Crippen LogP contribution >= 0.6 is 22.7 Å². The van der Waals surface area contributed by atoms with Crippen LogP contribution in [0.15, 0.2) is 46.8 Å². The van der Waals surface area contributed by atoms with Crippen molar-refractivity contribution < 1.29 is 9.18 Å². The molecule has 27 heavy (non-hydrogen) atoms. The maximum atomic E-state index is 13.2. The summed E-state index contributed by atoms with van der Waals surface area (Å²) in [5.41, 5.74) is 7.46. The number of aliphatic imine (C=N–C) groups is 1. The second-order valence-electron chi connectivity index (χ2n) is 5.67. The van der Waals surface area contributed by atoms with Crippen molar-refractivity contribution in [2.45, 2.75) is 20.0 Å². The first-order chi connectivity index (χ1) is 13.0. The van der Waals surface area contributed by atoms with Gasteiger partial charge in [0.25, 0.3) is 0 Å². The Morgan fingerprint density at radius 2 is 2.19 bits per heavy atom. The fourth-order valence-electron chi connectivity index (χ4n) is 2.23. The molecule has 0 unspecified atom stereocenters. The summed E-state index contributed by atoms with van der Waals surface area (Å²) in [4.78, 5) is 21.8. The van der Waals surface area contributed by atoms with Gasteiger partial charge in [0.2, 0.25) is 5.91 Å². The molecule has 0 fully saturated rings. The Morgan fingerprint density at radius 1 is 1.33 bits per heavy atom. The molecule has 2 heterocycles. The van der Waals surface area contributed by atoms with Crippen molar-refractivity contribution in [1.82, 2.24) is 10.3 Å². The molecule has 6 nitrogen and oxygen atoms in total. The fraction of sp³-hybridized carbons (Fsp3) is 0.167. The van der Waals surface area contributed by atoms with E-state index in [9.17, 15) is 9.18 Å². The van der Waals surface area contributed by atoms with Gasteiger partial charge in [-0.05, 0) is 29.8 Å². The van der Waals surface area contributed by atoms with Crippen molar-refractivity contribution >= 4 is 39.7 Å². The summed E-state index contributed by atoms with van der Waals surface area (Å²) in [7, 11) is 0. The molecule has 0 spiro atoms. The molecule has 0 radical (unpaired) electrons. The molecule has 1 aromatic carbocycles. The number of carbonyl (C=O) groups is 1. The van der Waals surface area contributed by atoms with Gasteiger partial charge in [0.05, 0.1) is 23.7 Å². The van der Waals surface area contributed by atoms with E-state index in [1.54, 1.807) is 23.5 Å². The van der Waals surface area contributed by atoms with E-state index in [1.165, 1.54) is 30.4 Å². The average Bonchev–Trinajstić information content (AvgIpc) is 3.27. The van der Waals surface area contributed by atoms with E-state index in [0.29, 0.717) is 11.7 Å². The predicted octanol–water partition coefficient (Wildman–Crippen LogP) is 3.57. The number of amides is 1. The van der Waals surface area contributed by atoms with Crippen molar-refractivity contribution in [1.29, 1.82) is 0 Å². The molecule has 3 aromatic rings.